The Hall–Kier alpha value is -3.04. The number of hydrogen-bond acceptors (Lipinski definition) is 8. The van der Waals surface area contributed by atoms with Gasteiger partial charge in [0, 0.05) is 18.8 Å². The lowest BCUT2D eigenvalue weighted by Gasteiger charge is -2.28. The van der Waals surface area contributed by atoms with Crippen molar-refractivity contribution in [3.8, 4) is 11.4 Å². The van der Waals surface area contributed by atoms with Crippen LogP contribution in [-0.4, -0.2) is 66.5 Å². The summed E-state index contributed by atoms with van der Waals surface area (Å²) in [5.74, 6) is 1.75. The molecule has 0 radical (unpaired) electrons. The number of nitrogens with zero attached hydrogens (tertiary/aromatic N) is 4. The highest BCUT2D eigenvalue weighted by atomic mass is 32.2. The fourth-order valence-electron chi connectivity index (χ4n) is 3.44. The molecule has 0 amide bonds. The summed E-state index contributed by atoms with van der Waals surface area (Å²) >= 11 is 1.58. The number of esters is 1. The predicted octanol–water partition coefficient (Wildman–Crippen LogP) is 3.37. The molecule has 4 rings (SSSR count). The van der Waals surface area contributed by atoms with E-state index in [2.05, 4.69) is 44.8 Å². The number of morpholine rings is 1. The van der Waals surface area contributed by atoms with Gasteiger partial charge in [0.2, 0.25) is 5.95 Å². The summed E-state index contributed by atoms with van der Waals surface area (Å²) < 4.78 is 18.2. The van der Waals surface area contributed by atoms with Gasteiger partial charge in [0.05, 0.1) is 38.2 Å². The lowest BCUT2D eigenvalue weighted by molar-refractivity contribution is 0.0600. The largest absolute Gasteiger partial charge is 0.493 e. The van der Waals surface area contributed by atoms with Gasteiger partial charge in [0.25, 0.3) is 0 Å². The number of benzene rings is 2. The third-order valence-electron chi connectivity index (χ3n) is 5.01. The van der Waals surface area contributed by atoms with E-state index < -0.39 is 0 Å². The van der Waals surface area contributed by atoms with E-state index in [1.807, 2.05) is 12.1 Å². The molecule has 1 aliphatic rings. The molecule has 0 spiro atoms. The van der Waals surface area contributed by atoms with Crippen LogP contribution in [0.4, 0.5) is 5.95 Å². The summed E-state index contributed by atoms with van der Waals surface area (Å²) in [6.45, 7) is 5.47. The third kappa shape index (κ3) is 5.23. The quantitative estimate of drug-likeness (QED) is 0.291. The summed E-state index contributed by atoms with van der Waals surface area (Å²) in [4.78, 5) is 13.9. The highest BCUT2D eigenvalue weighted by molar-refractivity contribution is 7.99. The van der Waals surface area contributed by atoms with Crippen LogP contribution < -0.4 is 9.64 Å². The Labute approximate surface area is 191 Å². The average Bonchev–Trinajstić information content (AvgIpc) is 3.26. The number of methoxy groups -OCH3 is 1. The third-order valence-corrected chi connectivity index (χ3v) is 5.90. The number of anilines is 1. The average molecular weight is 455 g/mol. The van der Waals surface area contributed by atoms with E-state index in [4.69, 9.17) is 14.2 Å². The Balaban J connectivity index is 1.46. The van der Waals surface area contributed by atoms with Crippen LogP contribution in [-0.2, 0) is 9.47 Å². The summed E-state index contributed by atoms with van der Waals surface area (Å²) in [5.41, 5.74) is 2.67. The number of hydrogen-bond donors (Lipinski definition) is 0. The highest BCUT2D eigenvalue weighted by Gasteiger charge is 2.21. The van der Waals surface area contributed by atoms with Gasteiger partial charge in [-0.2, -0.15) is 0 Å². The zero-order valence-corrected chi connectivity index (χ0v) is 19.0. The SMILES string of the molecule is COC(=O)c1cccc(OCCSc2nnc(N3CCOCC3)n2-c2cccc(C)c2)c1. The molecule has 1 aliphatic heterocycles. The Morgan fingerprint density at radius 3 is 2.72 bits per heavy atom. The number of carbonyl (C=O) groups excluding carboxylic acids is 1. The zero-order valence-electron chi connectivity index (χ0n) is 18.2. The first-order chi connectivity index (χ1) is 15.7. The molecule has 168 valence electrons. The van der Waals surface area contributed by atoms with Crippen molar-refractivity contribution in [2.75, 3.05) is 50.7 Å². The summed E-state index contributed by atoms with van der Waals surface area (Å²) in [5, 5.41) is 9.77. The molecular weight excluding hydrogens is 428 g/mol. The second kappa shape index (κ2) is 10.5. The van der Waals surface area contributed by atoms with Crippen molar-refractivity contribution in [1.82, 2.24) is 14.8 Å². The van der Waals surface area contributed by atoms with E-state index in [0.717, 1.165) is 29.9 Å². The Morgan fingerprint density at radius 1 is 1.12 bits per heavy atom. The normalized spacial score (nSPS) is 13.8. The minimum Gasteiger partial charge on any atom is -0.493 e. The van der Waals surface area contributed by atoms with Crippen LogP contribution in [0.2, 0.25) is 0 Å². The van der Waals surface area contributed by atoms with Crippen molar-refractivity contribution in [2.24, 2.45) is 0 Å². The highest BCUT2D eigenvalue weighted by Crippen LogP contribution is 2.27. The van der Waals surface area contributed by atoms with E-state index in [0.29, 0.717) is 36.9 Å². The molecule has 2 heterocycles. The molecule has 0 N–H and O–H groups in total. The van der Waals surface area contributed by atoms with Gasteiger partial charge >= 0.3 is 5.97 Å². The van der Waals surface area contributed by atoms with Gasteiger partial charge in [-0.05, 0) is 42.8 Å². The lowest BCUT2D eigenvalue weighted by Crippen LogP contribution is -2.37. The molecule has 2 aromatic carbocycles. The van der Waals surface area contributed by atoms with Crippen LogP contribution >= 0.6 is 11.8 Å². The second-order valence-corrected chi connectivity index (χ2v) is 8.33. The summed E-state index contributed by atoms with van der Waals surface area (Å²) in [6.07, 6.45) is 0. The Kier molecular flexibility index (Phi) is 7.28. The van der Waals surface area contributed by atoms with E-state index in [-0.39, 0.29) is 5.97 Å². The van der Waals surface area contributed by atoms with Crippen molar-refractivity contribution >= 4 is 23.7 Å². The molecule has 0 bridgehead atoms. The molecule has 0 unspecified atom stereocenters. The Morgan fingerprint density at radius 2 is 1.94 bits per heavy atom. The van der Waals surface area contributed by atoms with Gasteiger partial charge in [-0.15, -0.1) is 10.2 Å². The molecule has 0 saturated carbocycles. The van der Waals surface area contributed by atoms with E-state index in [1.54, 1.807) is 30.0 Å². The standard InChI is InChI=1S/C23H26N4O4S/c1-17-5-3-7-19(15-17)27-22(26-9-11-30-12-10-26)24-25-23(27)32-14-13-31-20-8-4-6-18(16-20)21(28)29-2/h3-8,15-16H,9-14H2,1-2H3. The van der Waals surface area contributed by atoms with Gasteiger partial charge in [0.1, 0.15) is 5.75 Å². The maximum atomic E-state index is 11.7. The van der Waals surface area contributed by atoms with Gasteiger partial charge < -0.3 is 19.1 Å². The zero-order chi connectivity index (χ0) is 22.3. The minimum absolute atomic E-state index is 0.383. The Bertz CT molecular complexity index is 1070. The fourth-order valence-corrected chi connectivity index (χ4v) is 4.20. The van der Waals surface area contributed by atoms with E-state index in [9.17, 15) is 4.79 Å². The van der Waals surface area contributed by atoms with Gasteiger partial charge in [-0.1, -0.05) is 30.0 Å². The molecule has 8 nitrogen and oxygen atoms in total. The summed E-state index contributed by atoms with van der Waals surface area (Å²) in [7, 11) is 1.36. The number of thioether (sulfide) groups is 1. The lowest BCUT2D eigenvalue weighted by atomic mass is 10.2. The molecule has 3 aromatic rings. The van der Waals surface area contributed by atoms with Crippen LogP contribution in [0.5, 0.6) is 5.75 Å². The number of ether oxygens (including phenoxy) is 3. The molecule has 32 heavy (non-hydrogen) atoms. The number of rotatable bonds is 8. The van der Waals surface area contributed by atoms with Crippen LogP contribution in [0.15, 0.2) is 53.7 Å². The van der Waals surface area contributed by atoms with Crippen molar-refractivity contribution in [3.05, 3.63) is 59.7 Å². The van der Waals surface area contributed by atoms with Crippen LogP contribution in [0.25, 0.3) is 5.69 Å². The van der Waals surface area contributed by atoms with Crippen molar-refractivity contribution in [1.29, 1.82) is 0 Å². The second-order valence-electron chi connectivity index (χ2n) is 7.27. The molecular formula is C23H26N4O4S. The monoisotopic (exact) mass is 454 g/mol. The van der Waals surface area contributed by atoms with Crippen molar-refractivity contribution in [3.63, 3.8) is 0 Å². The van der Waals surface area contributed by atoms with Crippen LogP contribution in [0.1, 0.15) is 15.9 Å². The first kappa shape index (κ1) is 22.2. The number of carbonyl (C=O) groups is 1. The molecule has 0 atom stereocenters. The molecule has 1 aromatic heterocycles. The number of aromatic nitrogens is 3. The maximum Gasteiger partial charge on any atom is 0.337 e. The molecule has 1 fully saturated rings. The van der Waals surface area contributed by atoms with E-state index >= 15 is 0 Å². The first-order valence-corrected chi connectivity index (χ1v) is 11.4. The topological polar surface area (TPSA) is 78.7 Å². The van der Waals surface area contributed by atoms with Gasteiger partial charge in [-0.3, -0.25) is 4.57 Å². The molecule has 1 saturated heterocycles. The van der Waals surface area contributed by atoms with Gasteiger partial charge in [0.15, 0.2) is 5.16 Å². The smallest absolute Gasteiger partial charge is 0.337 e. The van der Waals surface area contributed by atoms with Gasteiger partial charge in [-0.25, -0.2) is 4.79 Å². The fraction of sp³-hybridized carbons (Fsp3) is 0.348. The van der Waals surface area contributed by atoms with Crippen LogP contribution in [0.3, 0.4) is 0 Å². The van der Waals surface area contributed by atoms with Crippen LogP contribution in [0, 0.1) is 6.92 Å². The van der Waals surface area contributed by atoms with Crippen molar-refractivity contribution < 1.29 is 19.0 Å². The van der Waals surface area contributed by atoms with Crippen molar-refractivity contribution in [2.45, 2.75) is 12.1 Å². The predicted molar refractivity (Wildman–Crippen MR) is 123 cm³/mol. The maximum absolute atomic E-state index is 11.7. The molecule has 0 aliphatic carbocycles. The first-order valence-electron chi connectivity index (χ1n) is 10.4. The summed E-state index contributed by atoms with van der Waals surface area (Å²) in [6, 6.07) is 15.3. The molecule has 9 heteroatoms. The number of aryl methyl sites for hydroxylation is 1. The minimum atomic E-state index is -0.383. The van der Waals surface area contributed by atoms with E-state index in [1.165, 1.54) is 12.7 Å².